The van der Waals surface area contributed by atoms with Gasteiger partial charge in [0.1, 0.15) is 0 Å². The molecule has 25 heavy (non-hydrogen) atoms. The summed E-state index contributed by atoms with van der Waals surface area (Å²) >= 11 is 1.70. The Morgan fingerprint density at radius 1 is 1.00 bits per heavy atom. The molecule has 1 aliphatic heterocycles. The average Bonchev–Trinajstić information content (AvgIpc) is 3.08. The molecule has 0 atom stereocenters. The fourth-order valence-corrected chi connectivity index (χ4v) is 4.48. The second kappa shape index (κ2) is 7.85. The molecule has 4 nitrogen and oxygen atoms in total. The van der Waals surface area contributed by atoms with E-state index in [-0.39, 0.29) is 0 Å². The van der Waals surface area contributed by atoms with Gasteiger partial charge >= 0.3 is 0 Å². The minimum absolute atomic E-state index is 0.702. The molecule has 1 aliphatic carbocycles. The van der Waals surface area contributed by atoms with Crippen LogP contribution in [-0.2, 0) is 19.4 Å². The Morgan fingerprint density at radius 3 is 2.24 bits per heavy atom. The lowest BCUT2D eigenvalue weighted by Crippen LogP contribution is -2.50. The number of aromatic nitrogens is 2. The van der Waals surface area contributed by atoms with Crippen molar-refractivity contribution >= 4 is 11.8 Å². The predicted octanol–water partition coefficient (Wildman–Crippen LogP) is 2.87. The van der Waals surface area contributed by atoms with Crippen molar-refractivity contribution in [3.05, 3.63) is 53.3 Å². The molecule has 1 saturated heterocycles. The van der Waals surface area contributed by atoms with Crippen molar-refractivity contribution in [1.29, 1.82) is 0 Å². The molecule has 1 fully saturated rings. The maximum atomic E-state index is 4.45. The van der Waals surface area contributed by atoms with Crippen molar-refractivity contribution in [3.63, 3.8) is 0 Å². The summed E-state index contributed by atoms with van der Waals surface area (Å²) in [6, 6.07) is 9.64. The largest absolute Gasteiger partial charge is 0.297 e. The highest BCUT2D eigenvalue weighted by molar-refractivity contribution is 7.99. The third-order valence-electron chi connectivity index (χ3n) is 5.31. The summed E-state index contributed by atoms with van der Waals surface area (Å²) in [5, 5.41) is 0.886. The molecule has 4 rings (SSSR count). The molecule has 0 radical (unpaired) electrons. The van der Waals surface area contributed by atoms with E-state index in [0.717, 1.165) is 30.5 Å². The summed E-state index contributed by atoms with van der Waals surface area (Å²) in [6.07, 6.45) is 6.43. The van der Waals surface area contributed by atoms with Gasteiger partial charge in [0.25, 0.3) is 0 Å². The van der Waals surface area contributed by atoms with Crippen LogP contribution in [0.15, 0.2) is 41.8 Å². The van der Waals surface area contributed by atoms with Crippen molar-refractivity contribution in [2.75, 3.05) is 31.9 Å². The van der Waals surface area contributed by atoms with E-state index in [0.29, 0.717) is 6.04 Å². The number of hydrogen-bond acceptors (Lipinski definition) is 5. The van der Waals surface area contributed by atoms with Gasteiger partial charge in [0.05, 0.1) is 0 Å². The van der Waals surface area contributed by atoms with Crippen molar-refractivity contribution in [2.45, 2.75) is 37.5 Å². The van der Waals surface area contributed by atoms with E-state index in [1.165, 1.54) is 31.5 Å². The molecule has 0 saturated carbocycles. The van der Waals surface area contributed by atoms with E-state index in [1.54, 1.807) is 22.9 Å². The van der Waals surface area contributed by atoms with Gasteiger partial charge in [-0.2, -0.15) is 0 Å². The number of benzene rings is 1. The van der Waals surface area contributed by atoms with Crippen LogP contribution in [0.1, 0.15) is 23.6 Å². The van der Waals surface area contributed by atoms with Crippen LogP contribution >= 0.6 is 11.8 Å². The minimum Gasteiger partial charge on any atom is -0.297 e. The SMILES string of the molecule is CCSc1ncc(CN2CCN(C3Cc4ccccc4C3)CC2)cn1. The minimum atomic E-state index is 0.702. The lowest BCUT2D eigenvalue weighted by molar-refractivity contribution is 0.0947. The normalized spacial score (nSPS) is 19.2. The smallest absolute Gasteiger partial charge is 0.187 e. The molecule has 2 aliphatic rings. The molecule has 0 bridgehead atoms. The first-order valence-electron chi connectivity index (χ1n) is 9.28. The monoisotopic (exact) mass is 354 g/mol. The highest BCUT2D eigenvalue weighted by Gasteiger charge is 2.28. The maximum absolute atomic E-state index is 4.45. The van der Waals surface area contributed by atoms with Crippen LogP contribution in [-0.4, -0.2) is 57.7 Å². The molecule has 0 spiro atoms. The molecule has 1 aromatic carbocycles. The Hall–Kier alpha value is -1.43. The summed E-state index contributed by atoms with van der Waals surface area (Å²) in [6.45, 7) is 7.71. The Morgan fingerprint density at radius 2 is 1.64 bits per heavy atom. The molecule has 0 amide bonds. The van der Waals surface area contributed by atoms with Gasteiger partial charge in [-0.3, -0.25) is 9.80 Å². The number of fused-ring (bicyclic) bond motifs is 1. The lowest BCUT2D eigenvalue weighted by atomic mass is 10.1. The van der Waals surface area contributed by atoms with Crippen molar-refractivity contribution in [1.82, 2.24) is 19.8 Å². The van der Waals surface area contributed by atoms with Gasteiger partial charge in [-0.15, -0.1) is 0 Å². The molecule has 0 N–H and O–H groups in total. The summed E-state index contributed by atoms with van der Waals surface area (Å²) in [5.41, 5.74) is 4.33. The third-order valence-corrected chi connectivity index (χ3v) is 6.07. The number of rotatable bonds is 5. The standard InChI is InChI=1S/C20H26N4S/c1-2-25-20-21-13-16(14-22-20)15-23-7-9-24(10-8-23)19-11-17-5-3-4-6-18(17)12-19/h3-6,13-14,19H,2,7-12,15H2,1H3. The zero-order valence-corrected chi connectivity index (χ0v) is 15.7. The molecule has 132 valence electrons. The lowest BCUT2D eigenvalue weighted by Gasteiger charge is -2.38. The van der Waals surface area contributed by atoms with E-state index in [4.69, 9.17) is 0 Å². The molecule has 5 heteroatoms. The van der Waals surface area contributed by atoms with Crippen LogP contribution < -0.4 is 0 Å². The second-order valence-electron chi connectivity index (χ2n) is 6.95. The number of thioether (sulfide) groups is 1. The molecule has 2 aromatic rings. The predicted molar refractivity (Wildman–Crippen MR) is 103 cm³/mol. The molecule has 0 unspecified atom stereocenters. The van der Waals surface area contributed by atoms with Gasteiger partial charge in [-0.1, -0.05) is 43.0 Å². The highest BCUT2D eigenvalue weighted by Crippen LogP contribution is 2.26. The summed E-state index contributed by atoms with van der Waals surface area (Å²) < 4.78 is 0. The Bertz CT molecular complexity index is 670. The van der Waals surface area contributed by atoms with Gasteiger partial charge < -0.3 is 0 Å². The first-order valence-corrected chi connectivity index (χ1v) is 10.3. The van der Waals surface area contributed by atoms with Gasteiger partial charge in [0, 0.05) is 56.7 Å². The van der Waals surface area contributed by atoms with Crippen molar-refractivity contribution in [2.24, 2.45) is 0 Å². The average molecular weight is 355 g/mol. The van der Waals surface area contributed by atoms with Crippen molar-refractivity contribution < 1.29 is 0 Å². The number of nitrogens with zero attached hydrogens (tertiary/aromatic N) is 4. The number of piperazine rings is 1. The van der Waals surface area contributed by atoms with E-state index in [1.807, 2.05) is 12.4 Å². The Balaban J connectivity index is 1.27. The quantitative estimate of drug-likeness (QED) is 0.609. The maximum Gasteiger partial charge on any atom is 0.187 e. The zero-order chi connectivity index (χ0) is 17.1. The third kappa shape index (κ3) is 4.05. The first kappa shape index (κ1) is 17.0. The van der Waals surface area contributed by atoms with Crippen LogP contribution in [0.25, 0.3) is 0 Å². The molecular formula is C20H26N4S. The fraction of sp³-hybridized carbons (Fsp3) is 0.500. The zero-order valence-electron chi connectivity index (χ0n) is 14.9. The Kier molecular flexibility index (Phi) is 5.34. The van der Waals surface area contributed by atoms with Crippen LogP contribution in [0.3, 0.4) is 0 Å². The topological polar surface area (TPSA) is 32.3 Å². The highest BCUT2D eigenvalue weighted by atomic mass is 32.2. The van der Waals surface area contributed by atoms with Crippen LogP contribution in [0, 0.1) is 0 Å². The van der Waals surface area contributed by atoms with Crippen molar-refractivity contribution in [3.8, 4) is 0 Å². The van der Waals surface area contributed by atoms with Crippen LogP contribution in [0.2, 0.25) is 0 Å². The first-order chi connectivity index (χ1) is 12.3. The summed E-state index contributed by atoms with van der Waals surface area (Å²) in [5.74, 6) is 1.02. The Labute approximate surface area is 154 Å². The van der Waals surface area contributed by atoms with E-state index < -0.39 is 0 Å². The van der Waals surface area contributed by atoms with Gasteiger partial charge in [-0.25, -0.2) is 9.97 Å². The van der Waals surface area contributed by atoms with Crippen LogP contribution in [0.4, 0.5) is 0 Å². The molecular weight excluding hydrogens is 328 g/mol. The van der Waals surface area contributed by atoms with Gasteiger partial charge in [0.15, 0.2) is 5.16 Å². The van der Waals surface area contributed by atoms with Gasteiger partial charge in [0.2, 0.25) is 0 Å². The molecule has 1 aromatic heterocycles. The number of hydrogen-bond donors (Lipinski definition) is 0. The summed E-state index contributed by atoms with van der Waals surface area (Å²) in [7, 11) is 0. The summed E-state index contributed by atoms with van der Waals surface area (Å²) in [4.78, 5) is 14.1. The van der Waals surface area contributed by atoms with E-state index in [9.17, 15) is 0 Å². The van der Waals surface area contributed by atoms with E-state index >= 15 is 0 Å². The fourth-order valence-electron chi connectivity index (χ4n) is 3.97. The van der Waals surface area contributed by atoms with E-state index in [2.05, 4.69) is 51.0 Å². The second-order valence-corrected chi connectivity index (χ2v) is 8.18. The molecule has 2 heterocycles. The van der Waals surface area contributed by atoms with Gasteiger partial charge in [-0.05, 0) is 29.7 Å². The van der Waals surface area contributed by atoms with Crippen LogP contribution in [0.5, 0.6) is 0 Å².